The van der Waals surface area contributed by atoms with Crippen LogP contribution in [0.25, 0.3) is 11.0 Å². The van der Waals surface area contributed by atoms with E-state index in [1.807, 2.05) is 0 Å². The fourth-order valence-electron chi connectivity index (χ4n) is 3.07. The number of aromatic nitrogens is 2. The summed E-state index contributed by atoms with van der Waals surface area (Å²) >= 11 is 0. The maximum Gasteiger partial charge on any atom is 0.335 e. The molecule has 1 aliphatic heterocycles. The number of likely N-dealkylation sites (tertiary alicyclic amines) is 1. The normalized spacial score (nSPS) is 19.4. The monoisotopic (exact) mass is 289 g/mol. The topological polar surface area (TPSA) is 78.3 Å². The van der Waals surface area contributed by atoms with Gasteiger partial charge in [-0.1, -0.05) is 6.92 Å². The van der Waals surface area contributed by atoms with Crippen molar-refractivity contribution < 1.29 is 9.90 Å². The Balaban J connectivity index is 1.94. The van der Waals surface area contributed by atoms with Crippen LogP contribution in [-0.2, 0) is 6.54 Å². The van der Waals surface area contributed by atoms with Crippen LogP contribution in [0, 0.1) is 5.92 Å². The Kier molecular flexibility index (Phi) is 3.55. The number of hydrogen-bond acceptors (Lipinski definition) is 3. The van der Waals surface area contributed by atoms with Gasteiger partial charge in [0.2, 0.25) is 0 Å². The second-order valence-electron chi connectivity index (χ2n) is 5.63. The maximum atomic E-state index is 12.1. The van der Waals surface area contributed by atoms with Crippen molar-refractivity contribution in [1.29, 1.82) is 0 Å². The highest BCUT2D eigenvalue weighted by Gasteiger charge is 2.23. The molecule has 0 bridgehead atoms. The van der Waals surface area contributed by atoms with Gasteiger partial charge in [0.15, 0.2) is 0 Å². The Hall–Kier alpha value is -2.08. The first kappa shape index (κ1) is 13.9. The molecule has 0 radical (unpaired) electrons. The SMILES string of the molecule is CCN1CCC(Cn2c(=O)[nH]c3ccc(C(=O)O)cc32)C1. The zero-order chi connectivity index (χ0) is 15.0. The van der Waals surface area contributed by atoms with Gasteiger partial charge in [0.1, 0.15) is 0 Å². The standard InChI is InChI=1S/C15H19N3O3/c1-2-17-6-5-10(8-17)9-18-13-7-11(14(19)20)3-4-12(13)16-15(18)21/h3-4,7,10H,2,5-6,8-9H2,1H3,(H,16,21)(H,19,20). The number of imidazole rings is 1. The summed E-state index contributed by atoms with van der Waals surface area (Å²) in [4.78, 5) is 28.4. The number of hydrogen-bond donors (Lipinski definition) is 2. The number of carbonyl (C=O) groups is 1. The molecule has 1 atom stereocenters. The summed E-state index contributed by atoms with van der Waals surface area (Å²) in [5.41, 5.74) is 1.41. The molecule has 1 aliphatic rings. The fourth-order valence-corrected chi connectivity index (χ4v) is 3.07. The lowest BCUT2D eigenvalue weighted by Crippen LogP contribution is -2.25. The molecule has 1 fully saturated rings. The minimum atomic E-state index is -0.977. The first-order valence-electron chi connectivity index (χ1n) is 7.26. The third-order valence-electron chi connectivity index (χ3n) is 4.28. The summed E-state index contributed by atoms with van der Waals surface area (Å²) in [7, 11) is 0. The molecule has 0 aliphatic carbocycles. The number of carboxylic acid groups (broad SMARTS) is 1. The molecule has 1 unspecified atom stereocenters. The van der Waals surface area contributed by atoms with Crippen molar-refractivity contribution >= 4 is 17.0 Å². The molecule has 0 amide bonds. The number of nitrogens with zero attached hydrogens (tertiary/aromatic N) is 2. The zero-order valence-corrected chi connectivity index (χ0v) is 12.0. The van der Waals surface area contributed by atoms with Crippen molar-refractivity contribution in [3.63, 3.8) is 0 Å². The number of aromatic amines is 1. The van der Waals surface area contributed by atoms with Crippen LogP contribution in [0.4, 0.5) is 0 Å². The zero-order valence-electron chi connectivity index (χ0n) is 12.0. The number of H-pyrrole nitrogens is 1. The van der Waals surface area contributed by atoms with Gasteiger partial charge in [0.05, 0.1) is 16.6 Å². The van der Waals surface area contributed by atoms with Crippen LogP contribution in [0.5, 0.6) is 0 Å². The van der Waals surface area contributed by atoms with E-state index in [1.54, 1.807) is 16.7 Å². The van der Waals surface area contributed by atoms with Crippen LogP contribution in [0.1, 0.15) is 23.7 Å². The van der Waals surface area contributed by atoms with Crippen LogP contribution in [0.15, 0.2) is 23.0 Å². The van der Waals surface area contributed by atoms with Gasteiger partial charge in [-0.15, -0.1) is 0 Å². The van der Waals surface area contributed by atoms with E-state index >= 15 is 0 Å². The molecule has 3 rings (SSSR count). The van der Waals surface area contributed by atoms with Crippen molar-refractivity contribution in [2.45, 2.75) is 19.9 Å². The summed E-state index contributed by atoms with van der Waals surface area (Å²) in [5, 5.41) is 9.09. The van der Waals surface area contributed by atoms with E-state index in [0.29, 0.717) is 23.5 Å². The Morgan fingerprint density at radius 3 is 2.95 bits per heavy atom. The number of fused-ring (bicyclic) bond motifs is 1. The molecule has 1 aromatic carbocycles. The molecule has 0 spiro atoms. The van der Waals surface area contributed by atoms with Gasteiger partial charge < -0.3 is 15.0 Å². The quantitative estimate of drug-likeness (QED) is 0.891. The van der Waals surface area contributed by atoms with Gasteiger partial charge in [0, 0.05) is 13.1 Å². The summed E-state index contributed by atoms with van der Waals surface area (Å²) in [5.74, 6) is -0.537. The number of benzene rings is 1. The molecule has 6 nitrogen and oxygen atoms in total. The van der Waals surface area contributed by atoms with Gasteiger partial charge in [-0.05, 0) is 43.6 Å². The number of aromatic carboxylic acids is 1. The van der Waals surface area contributed by atoms with Gasteiger partial charge in [-0.3, -0.25) is 4.57 Å². The van der Waals surface area contributed by atoms with Crippen molar-refractivity contribution in [3.8, 4) is 0 Å². The Morgan fingerprint density at radius 1 is 1.48 bits per heavy atom. The van der Waals surface area contributed by atoms with Crippen LogP contribution < -0.4 is 5.69 Å². The average molecular weight is 289 g/mol. The summed E-state index contributed by atoms with van der Waals surface area (Å²) < 4.78 is 1.67. The van der Waals surface area contributed by atoms with Crippen LogP contribution in [-0.4, -0.2) is 45.2 Å². The molecule has 0 saturated carbocycles. The summed E-state index contributed by atoms with van der Waals surface area (Å²) in [6.07, 6.45) is 1.07. The Labute approximate surface area is 122 Å². The molecular weight excluding hydrogens is 270 g/mol. The Bertz CT molecular complexity index is 731. The van der Waals surface area contributed by atoms with Crippen LogP contribution in [0.2, 0.25) is 0 Å². The molecule has 1 aromatic heterocycles. The minimum absolute atomic E-state index is 0.164. The van der Waals surface area contributed by atoms with E-state index in [-0.39, 0.29) is 11.3 Å². The molecular formula is C15H19N3O3. The van der Waals surface area contributed by atoms with E-state index in [9.17, 15) is 9.59 Å². The van der Waals surface area contributed by atoms with Crippen molar-refractivity contribution in [3.05, 3.63) is 34.2 Å². The van der Waals surface area contributed by atoms with Crippen molar-refractivity contribution in [1.82, 2.24) is 14.5 Å². The van der Waals surface area contributed by atoms with E-state index in [0.717, 1.165) is 26.1 Å². The van der Waals surface area contributed by atoms with Crippen molar-refractivity contribution in [2.75, 3.05) is 19.6 Å². The smallest absolute Gasteiger partial charge is 0.335 e. The molecule has 1 saturated heterocycles. The first-order valence-corrected chi connectivity index (χ1v) is 7.26. The van der Waals surface area contributed by atoms with E-state index in [2.05, 4.69) is 16.8 Å². The third kappa shape index (κ3) is 2.58. The highest BCUT2D eigenvalue weighted by atomic mass is 16.4. The second kappa shape index (κ2) is 5.37. The van der Waals surface area contributed by atoms with E-state index in [1.165, 1.54) is 6.07 Å². The summed E-state index contributed by atoms with van der Waals surface area (Å²) in [6, 6.07) is 4.74. The van der Waals surface area contributed by atoms with Gasteiger partial charge in [-0.2, -0.15) is 0 Å². The Morgan fingerprint density at radius 2 is 2.29 bits per heavy atom. The lowest BCUT2D eigenvalue weighted by Gasteiger charge is -2.13. The molecule has 2 heterocycles. The van der Waals surface area contributed by atoms with Crippen LogP contribution in [0.3, 0.4) is 0 Å². The van der Waals surface area contributed by atoms with E-state index < -0.39 is 5.97 Å². The summed E-state index contributed by atoms with van der Waals surface area (Å²) in [6.45, 7) is 5.87. The highest BCUT2D eigenvalue weighted by Crippen LogP contribution is 2.20. The number of rotatable bonds is 4. The molecule has 112 valence electrons. The van der Waals surface area contributed by atoms with Gasteiger partial charge >= 0.3 is 11.7 Å². The predicted octanol–water partition coefficient (Wildman–Crippen LogP) is 1.37. The number of carboxylic acids is 1. The molecule has 6 heteroatoms. The van der Waals surface area contributed by atoms with Gasteiger partial charge in [-0.25, -0.2) is 9.59 Å². The molecule has 21 heavy (non-hydrogen) atoms. The minimum Gasteiger partial charge on any atom is -0.478 e. The fraction of sp³-hybridized carbons (Fsp3) is 0.467. The van der Waals surface area contributed by atoms with E-state index in [4.69, 9.17) is 5.11 Å². The van der Waals surface area contributed by atoms with Crippen molar-refractivity contribution in [2.24, 2.45) is 5.92 Å². The molecule has 2 aromatic rings. The largest absolute Gasteiger partial charge is 0.478 e. The highest BCUT2D eigenvalue weighted by molar-refractivity contribution is 5.92. The first-order chi connectivity index (χ1) is 10.1. The molecule has 2 N–H and O–H groups in total. The van der Waals surface area contributed by atoms with Crippen LogP contribution >= 0.6 is 0 Å². The number of nitrogens with one attached hydrogen (secondary N) is 1. The lowest BCUT2D eigenvalue weighted by molar-refractivity contribution is 0.0697. The predicted molar refractivity (Wildman–Crippen MR) is 79.7 cm³/mol. The third-order valence-corrected chi connectivity index (χ3v) is 4.28. The lowest BCUT2D eigenvalue weighted by atomic mass is 10.1. The second-order valence-corrected chi connectivity index (χ2v) is 5.63. The van der Waals surface area contributed by atoms with Gasteiger partial charge in [0.25, 0.3) is 0 Å². The average Bonchev–Trinajstić information content (AvgIpc) is 3.04. The maximum absolute atomic E-state index is 12.1.